The van der Waals surface area contributed by atoms with Crippen molar-refractivity contribution in [3.63, 3.8) is 0 Å². The van der Waals surface area contributed by atoms with Gasteiger partial charge in [-0.05, 0) is 56.9 Å². The highest BCUT2D eigenvalue weighted by Gasteiger charge is 2.42. The molecule has 2 aromatic carbocycles. The van der Waals surface area contributed by atoms with Crippen LogP contribution < -0.4 is 4.74 Å². The molecule has 156 valence electrons. The quantitative estimate of drug-likeness (QED) is 0.679. The van der Waals surface area contributed by atoms with Gasteiger partial charge in [-0.15, -0.1) is 0 Å². The Bertz CT molecular complexity index is 968. The summed E-state index contributed by atoms with van der Waals surface area (Å²) >= 11 is 0. The smallest absolute Gasteiger partial charge is 0.278 e. The summed E-state index contributed by atoms with van der Waals surface area (Å²) in [6.07, 6.45) is 2.16. The molecule has 0 radical (unpaired) electrons. The van der Waals surface area contributed by atoms with Gasteiger partial charge >= 0.3 is 0 Å². The maximum atomic E-state index is 13.4. The Morgan fingerprint density at radius 3 is 2.13 bits per heavy atom. The van der Waals surface area contributed by atoms with E-state index in [4.69, 9.17) is 4.74 Å². The van der Waals surface area contributed by atoms with Crippen LogP contribution >= 0.6 is 0 Å². The van der Waals surface area contributed by atoms with E-state index in [1.165, 1.54) is 4.90 Å². The van der Waals surface area contributed by atoms with Crippen LogP contribution in [0.1, 0.15) is 43.4 Å². The number of hydrogen-bond acceptors (Lipinski definition) is 4. The van der Waals surface area contributed by atoms with E-state index in [1.807, 2.05) is 69.3 Å². The molecule has 2 aliphatic rings. The second-order valence-electron chi connectivity index (χ2n) is 8.29. The summed E-state index contributed by atoms with van der Waals surface area (Å²) in [7, 11) is 0. The maximum absolute atomic E-state index is 13.4. The number of ether oxygens (including phenoxy) is 1. The molecule has 2 aliphatic heterocycles. The lowest BCUT2D eigenvalue weighted by Gasteiger charge is -2.20. The summed E-state index contributed by atoms with van der Waals surface area (Å²) < 4.78 is 5.73. The topological polar surface area (TPSA) is 49.9 Å². The molecular weight excluding hydrogens is 376 g/mol. The Balaban J connectivity index is 1.68. The van der Waals surface area contributed by atoms with Crippen LogP contribution in [-0.4, -0.2) is 40.8 Å². The van der Waals surface area contributed by atoms with Crippen molar-refractivity contribution in [2.24, 2.45) is 0 Å². The van der Waals surface area contributed by atoms with E-state index in [1.54, 1.807) is 0 Å². The lowest BCUT2D eigenvalue weighted by Crippen LogP contribution is -2.34. The molecule has 2 aromatic rings. The standard InChI is InChI=1S/C25H28N2O3/c1-17(2)30-21-12-10-20(11-13-21)22-23(26-14-4-5-15-26)25(29)27(24(22)28)16-19-8-6-18(3)7-9-19/h6-13,17H,4-5,14-16H2,1-3H3. The Labute approximate surface area is 177 Å². The van der Waals surface area contributed by atoms with Gasteiger partial charge in [-0.2, -0.15) is 0 Å². The largest absolute Gasteiger partial charge is 0.491 e. The zero-order valence-corrected chi connectivity index (χ0v) is 17.9. The zero-order valence-electron chi connectivity index (χ0n) is 17.9. The van der Waals surface area contributed by atoms with Crippen molar-refractivity contribution in [3.8, 4) is 5.75 Å². The SMILES string of the molecule is Cc1ccc(CN2C(=O)C(c3ccc(OC(C)C)cc3)=C(N3CCCC3)C2=O)cc1. The van der Waals surface area contributed by atoms with Gasteiger partial charge in [0.25, 0.3) is 11.8 Å². The van der Waals surface area contributed by atoms with Gasteiger partial charge in [-0.3, -0.25) is 14.5 Å². The zero-order chi connectivity index (χ0) is 21.3. The van der Waals surface area contributed by atoms with Gasteiger partial charge in [0.1, 0.15) is 11.4 Å². The van der Waals surface area contributed by atoms with Crippen LogP contribution in [0, 0.1) is 6.92 Å². The Kier molecular flexibility index (Phi) is 5.62. The van der Waals surface area contributed by atoms with E-state index >= 15 is 0 Å². The van der Waals surface area contributed by atoms with Gasteiger partial charge in [-0.1, -0.05) is 42.0 Å². The molecule has 1 saturated heterocycles. The predicted octanol–water partition coefficient (Wildman–Crippen LogP) is 4.16. The van der Waals surface area contributed by atoms with Crippen LogP contribution in [0.25, 0.3) is 5.57 Å². The second kappa shape index (κ2) is 8.34. The third-order valence-corrected chi connectivity index (χ3v) is 5.54. The first-order valence-corrected chi connectivity index (χ1v) is 10.6. The summed E-state index contributed by atoms with van der Waals surface area (Å²) in [6.45, 7) is 7.88. The minimum atomic E-state index is -0.222. The van der Waals surface area contributed by atoms with Crippen LogP contribution in [0.2, 0.25) is 0 Å². The number of rotatable bonds is 6. The summed E-state index contributed by atoms with van der Waals surface area (Å²) in [4.78, 5) is 30.2. The minimum Gasteiger partial charge on any atom is -0.491 e. The molecule has 2 amide bonds. The first kappa shape index (κ1) is 20.2. The highest BCUT2D eigenvalue weighted by molar-refractivity contribution is 6.35. The maximum Gasteiger partial charge on any atom is 0.278 e. The molecule has 0 atom stereocenters. The van der Waals surface area contributed by atoms with Crippen LogP contribution in [0.5, 0.6) is 5.75 Å². The molecule has 5 nitrogen and oxygen atoms in total. The van der Waals surface area contributed by atoms with E-state index in [2.05, 4.69) is 4.90 Å². The normalized spacial score (nSPS) is 16.9. The van der Waals surface area contributed by atoms with Crippen molar-refractivity contribution in [1.29, 1.82) is 0 Å². The number of benzene rings is 2. The number of carbonyl (C=O) groups excluding carboxylic acids is 2. The molecule has 1 fully saturated rings. The number of hydrogen-bond donors (Lipinski definition) is 0. The molecule has 0 saturated carbocycles. The first-order chi connectivity index (χ1) is 14.4. The van der Waals surface area contributed by atoms with Crippen LogP contribution in [0.3, 0.4) is 0 Å². The van der Waals surface area contributed by atoms with Crippen LogP contribution in [-0.2, 0) is 16.1 Å². The summed E-state index contributed by atoms with van der Waals surface area (Å²) in [6, 6.07) is 15.4. The highest BCUT2D eigenvalue weighted by Crippen LogP contribution is 2.35. The van der Waals surface area contributed by atoms with Crippen molar-refractivity contribution in [3.05, 3.63) is 70.9 Å². The van der Waals surface area contributed by atoms with Crippen molar-refractivity contribution >= 4 is 17.4 Å². The van der Waals surface area contributed by atoms with Gasteiger partial charge < -0.3 is 9.64 Å². The molecule has 4 rings (SSSR count). The molecule has 0 aliphatic carbocycles. The Hall–Kier alpha value is -3.08. The number of imide groups is 1. The molecule has 0 bridgehead atoms. The first-order valence-electron chi connectivity index (χ1n) is 10.6. The third kappa shape index (κ3) is 3.97. The van der Waals surface area contributed by atoms with E-state index in [-0.39, 0.29) is 24.5 Å². The van der Waals surface area contributed by atoms with Gasteiger partial charge in [0.15, 0.2) is 0 Å². The molecule has 2 heterocycles. The summed E-state index contributed by atoms with van der Waals surface area (Å²) in [5.74, 6) is 0.338. The van der Waals surface area contributed by atoms with E-state index in [0.717, 1.165) is 48.4 Å². The predicted molar refractivity (Wildman–Crippen MR) is 117 cm³/mol. The summed E-state index contributed by atoms with van der Waals surface area (Å²) in [5.41, 5.74) is 3.91. The van der Waals surface area contributed by atoms with Crippen molar-refractivity contribution in [2.75, 3.05) is 13.1 Å². The van der Waals surface area contributed by atoms with Gasteiger partial charge in [0, 0.05) is 13.1 Å². The lowest BCUT2D eigenvalue weighted by molar-refractivity contribution is -0.138. The lowest BCUT2D eigenvalue weighted by atomic mass is 10.0. The van der Waals surface area contributed by atoms with E-state index in [0.29, 0.717) is 11.3 Å². The van der Waals surface area contributed by atoms with Crippen molar-refractivity contribution in [2.45, 2.75) is 46.3 Å². The van der Waals surface area contributed by atoms with Gasteiger partial charge in [0.05, 0.1) is 18.2 Å². The van der Waals surface area contributed by atoms with Crippen LogP contribution in [0.4, 0.5) is 0 Å². The number of amides is 2. The fourth-order valence-electron chi connectivity index (χ4n) is 4.05. The third-order valence-electron chi connectivity index (χ3n) is 5.54. The van der Waals surface area contributed by atoms with Gasteiger partial charge in [-0.25, -0.2) is 0 Å². The second-order valence-corrected chi connectivity index (χ2v) is 8.29. The average Bonchev–Trinajstić information content (AvgIpc) is 3.32. The number of aryl methyl sites for hydroxylation is 1. The van der Waals surface area contributed by atoms with Crippen molar-refractivity contribution < 1.29 is 14.3 Å². The fraction of sp³-hybridized carbons (Fsp3) is 0.360. The van der Waals surface area contributed by atoms with E-state index < -0.39 is 0 Å². The monoisotopic (exact) mass is 404 g/mol. The molecule has 0 N–H and O–H groups in total. The molecule has 30 heavy (non-hydrogen) atoms. The molecule has 0 aromatic heterocycles. The average molecular weight is 405 g/mol. The number of carbonyl (C=O) groups is 2. The molecule has 0 unspecified atom stereocenters. The van der Waals surface area contributed by atoms with Crippen molar-refractivity contribution in [1.82, 2.24) is 9.80 Å². The highest BCUT2D eigenvalue weighted by atomic mass is 16.5. The number of nitrogens with zero attached hydrogens (tertiary/aromatic N) is 2. The Morgan fingerprint density at radius 1 is 0.900 bits per heavy atom. The fourth-order valence-corrected chi connectivity index (χ4v) is 4.05. The molecule has 0 spiro atoms. The van der Waals surface area contributed by atoms with Gasteiger partial charge in [0.2, 0.25) is 0 Å². The Morgan fingerprint density at radius 2 is 1.53 bits per heavy atom. The van der Waals surface area contributed by atoms with E-state index in [9.17, 15) is 9.59 Å². The molecular formula is C25H28N2O3. The summed E-state index contributed by atoms with van der Waals surface area (Å²) in [5, 5.41) is 0. The molecule has 5 heteroatoms. The minimum absolute atomic E-state index is 0.0786. The van der Waals surface area contributed by atoms with Crippen LogP contribution in [0.15, 0.2) is 54.2 Å². The number of likely N-dealkylation sites (tertiary alicyclic amines) is 1.